The van der Waals surface area contributed by atoms with Gasteiger partial charge in [0.25, 0.3) is 11.1 Å². The smallest absolute Gasteiger partial charge is 0.293 e. The van der Waals surface area contributed by atoms with Crippen LogP contribution in [0.4, 0.5) is 4.79 Å². The zero-order valence-electron chi connectivity index (χ0n) is 11.8. The largest absolute Gasteiger partial charge is 0.497 e. The van der Waals surface area contributed by atoms with Gasteiger partial charge in [-0.15, -0.1) is 0 Å². The third-order valence-corrected chi connectivity index (χ3v) is 3.86. The van der Waals surface area contributed by atoms with Crippen LogP contribution in [0, 0.1) is 0 Å². The number of amides is 2. The van der Waals surface area contributed by atoms with Crippen molar-refractivity contribution in [2.75, 3.05) is 27.3 Å². The Hall–Kier alpha value is -1.99. The number of hydrogen-bond donors (Lipinski definition) is 1. The molecule has 0 radical (unpaired) electrons. The molecule has 2 N–H and O–H groups in total. The molecule has 0 atom stereocenters. The van der Waals surface area contributed by atoms with Crippen molar-refractivity contribution < 1.29 is 19.1 Å². The Bertz CT molecular complexity index is 601. The molecular formula is C14H16N2O4S. The number of hydrogen-bond acceptors (Lipinski definition) is 6. The minimum absolute atomic E-state index is 0.219. The quantitative estimate of drug-likeness (QED) is 0.834. The van der Waals surface area contributed by atoms with E-state index in [1.807, 2.05) is 0 Å². The Labute approximate surface area is 126 Å². The average Bonchev–Trinajstić information content (AvgIpc) is 2.75. The first kappa shape index (κ1) is 15.4. The zero-order chi connectivity index (χ0) is 15.4. The van der Waals surface area contributed by atoms with E-state index in [-0.39, 0.29) is 24.2 Å². The topological polar surface area (TPSA) is 81.9 Å². The lowest BCUT2D eigenvalue weighted by atomic mass is 10.1. The summed E-state index contributed by atoms with van der Waals surface area (Å²) in [6, 6.07) is 5.25. The molecule has 1 aromatic carbocycles. The van der Waals surface area contributed by atoms with E-state index in [1.54, 1.807) is 38.5 Å². The van der Waals surface area contributed by atoms with Crippen LogP contribution >= 0.6 is 11.8 Å². The maximum atomic E-state index is 12.2. The molecule has 1 heterocycles. The normalized spacial score (nSPS) is 16.7. The Kier molecular flexibility index (Phi) is 4.87. The summed E-state index contributed by atoms with van der Waals surface area (Å²) in [5.41, 5.74) is 6.08. The van der Waals surface area contributed by atoms with Crippen molar-refractivity contribution in [3.05, 3.63) is 28.7 Å². The molecule has 1 aliphatic heterocycles. The maximum absolute atomic E-state index is 12.2. The van der Waals surface area contributed by atoms with Gasteiger partial charge in [0.05, 0.1) is 19.1 Å². The molecule has 2 amide bonds. The SMILES string of the molecule is COc1ccc(OC)c(/C=C2\SC(=O)N(CCN)C2=O)c1. The van der Waals surface area contributed by atoms with E-state index in [2.05, 4.69) is 0 Å². The Morgan fingerprint density at radius 1 is 1.29 bits per heavy atom. The molecule has 0 spiro atoms. The Morgan fingerprint density at radius 2 is 2.05 bits per heavy atom. The second-order valence-corrected chi connectivity index (χ2v) is 5.22. The summed E-state index contributed by atoms with van der Waals surface area (Å²) in [4.78, 5) is 25.4. The van der Waals surface area contributed by atoms with Crippen molar-refractivity contribution in [1.82, 2.24) is 4.90 Å². The van der Waals surface area contributed by atoms with Crippen LogP contribution in [0.3, 0.4) is 0 Å². The van der Waals surface area contributed by atoms with Crippen molar-refractivity contribution in [2.24, 2.45) is 5.73 Å². The number of nitrogens with zero attached hydrogens (tertiary/aromatic N) is 1. The van der Waals surface area contributed by atoms with E-state index in [4.69, 9.17) is 15.2 Å². The van der Waals surface area contributed by atoms with Crippen molar-refractivity contribution >= 4 is 29.0 Å². The summed E-state index contributed by atoms with van der Waals surface area (Å²) in [5, 5.41) is -0.307. The summed E-state index contributed by atoms with van der Waals surface area (Å²) in [7, 11) is 3.10. The molecule has 112 valence electrons. The molecule has 21 heavy (non-hydrogen) atoms. The third kappa shape index (κ3) is 3.20. The van der Waals surface area contributed by atoms with Gasteiger partial charge in [0.2, 0.25) is 0 Å². The van der Waals surface area contributed by atoms with Crippen molar-refractivity contribution in [3.8, 4) is 11.5 Å². The van der Waals surface area contributed by atoms with Crippen molar-refractivity contribution in [1.29, 1.82) is 0 Å². The summed E-state index contributed by atoms with van der Waals surface area (Å²) in [6.45, 7) is 0.463. The van der Waals surface area contributed by atoms with Gasteiger partial charge in [0.1, 0.15) is 11.5 Å². The molecule has 2 rings (SSSR count). The predicted octanol–water partition coefficient (Wildman–Crippen LogP) is 1.70. The highest BCUT2D eigenvalue weighted by atomic mass is 32.2. The minimum Gasteiger partial charge on any atom is -0.497 e. The summed E-state index contributed by atoms with van der Waals surface area (Å²) in [5.74, 6) is 0.907. The lowest BCUT2D eigenvalue weighted by Crippen LogP contribution is -2.33. The van der Waals surface area contributed by atoms with Gasteiger partial charge in [-0.05, 0) is 36.0 Å². The van der Waals surface area contributed by atoms with Gasteiger partial charge in [0.15, 0.2) is 0 Å². The second kappa shape index (κ2) is 6.64. The fourth-order valence-electron chi connectivity index (χ4n) is 1.92. The van der Waals surface area contributed by atoms with Crippen LogP contribution in [0.25, 0.3) is 6.08 Å². The number of nitrogens with two attached hydrogens (primary N) is 1. The van der Waals surface area contributed by atoms with Crippen molar-refractivity contribution in [3.63, 3.8) is 0 Å². The van der Waals surface area contributed by atoms with E-state index in [9.17, 15) is 9.59 Å². The molecule has 0 aliphatic carbocycles. The van der Waals surface area contributed by atoms with Gasteiger partial charge in [-0.25, -0.2) is 0 Å². The van der Waals surface area contributed by atoms with Crippen LogP contribution in [0.15, 0.2) is 23.1 Å². The van der Waals surface area contributed by atoms with E-state index in [0.717, 1.165) is 16.7 Å². The second-order valence-electron chi connectivity index (χ2n) is 4.23. The molecule has 1 saturated heterocycles. The molecule has 1 fully saturated rings. The van der Waals surface area contributed by atoms with E-state index in [1.165, 1.54) is 0 Å². The highest BCUT2D eigenvalue weighted by molar-refractivity contribution is 8.18. The lowest BCUT2D eigenvalue weighted by molar-refractivity contribution is -0.122. The number of ether oxygens (including phenoxy) is 2. The van der Waals surface area contributed by atoms with Crippen LogP contribution in [0.1, 0.15) is 5.56 Å². The summed E-state index contributed by atoms with van der Waals surface area (Å²) < 4.78 is 10.4. The highest BCUT2D eigenvalue weighted by Crippen LogP contribution is 2.34. The molecule has 7 heteroatoms. The number of benzene rings is 1. The van der Waals surface area contributed by atoms with Crippen LogP contribution in [-0.4, -0.2) is 43.4 Å². The van der Waals surface area contributed by atoms with E-state index < -0.39 is 0 Å². The van der Waals surface area contributed by atoms with Crippen molar-refractivity contribution in [2.45, 2.75) is 0 Å². The lowest BCUT2D eigenvalue weighted by Gasteiger charge is -2.10. The third-order valence-electron chi connectivity index (χ3n) is 2.95. The van der Waals surface area contributed by atoms with Gasteiger partial charge in [0, 0.05) is 18.7 Å². The number of methoxy groups -OCH3 is 2. The first-order chi connectivity index (χ1) is 10.1. The fourth-order valence-corrected chi connectivity index (χ4v) is 2.77. The highest BCUT2D eigenvalue weighted by Gasteiger charge is 2.34. The molecule has 0 saturated carbocycles. The van der Waals surface area contributed by atoms with Crippen LogP contribution < -0.4 is 15.2 Å². The summed E-state index contributed by atoms with van der Waals surface area (Å²) >= 11 is 0.896. The molecule has 1 aromatic rings. The standard InChI is InChI=1S/C14H16N2O4S/c1-19-10-3-4-11(20-2)9(7-10)8-12-13(17)16(6-5-15)14(18)21-12/h3-4,7-8H,5-6,15H2,1-2H3/b12-8-. The zero-order valence-corrected chi connectivity index (χ0v) is 12.6. The first-order valence-electron chi connectivity index (χ1n) is 6.28. The molecule has 6 nitrogen and oxygen atoms in total. The number of imide groups is 1. The van der Waals surface area contributed by atoms with Gasteiger partial charge < -0.3 is 15.2 Å². The van der Waals surface area contributed by atoms with Crippen LogP contribution in [-0.2, 0) is 4.79 Å². The number of carbonyl (C=O) groups excluding carboxylic acids is 2. The molecule has 0 unspecified atom stereocenters. The van der Waals surface area contributed by atoms with Crippen LogP contribution in [0.5, 0.6) is 11.5 Å². The summed E-state index contributed by atoms with van der Waals surface area (Å²) in [6.07, 6.45) is 1.63. The molecule has 1 aliphatic rings. The number of thioether (sulfide) groups is 1. The predicted molar refractivity (Wildman–Crippen MR) is 81.3 cm³/mol. The molecule has 0 bridgehead atoms. The van der Waals surface area contributed by atoms with Gasteiger partial charge in [-0.2, -0.15) is 0 Å². The Balaban J connectivity index is 2.35. The van der Waals surface area contributed by atoms with E-state index in [0.29, 0.717) is 22.0 Å². The minimum atomic E-state index is -0.333. The van der Waals surface area contributed by atoms with Crippen LogP contribution in [0.2, 0.25) is 0 Å². The fraction of sp³-hybridized carbons (Fsp3) is 0.286. The average molecular weight is 308 g/mol. The van der Waals surface area contributed by atoms with Gasteiger partial charge in [-0.1, -0.05) is 0 Å². The van der Waals surface area contributed by atoms with E-state index >= 15 is 0 Å². The Morgan fingerprint density at radius 3 is 2.67 bits per heavy atom. The number of rotatable bonds is 5. The molecular weight excluding hydrogens is 292 g/mol. The maximum Gasteiger partial charge on any atom is 0.293 e. The van der Waals surface area contributed by atoms with Gasteiger partial charge >= 0.3 is 0 Å². The first-order valence-corrected chi connectivity index (χ1v) is 7.09. The number of carbonyl (C=O) groups is 2. The van der Waals surface area contributed by atoms with Gasteiger partial charge in [-0.3, -0.25) is 14.5 Å². The monoisotopic (exact) mass is 308 g/mol. The molecule has 0 aromatic heterocycles.